The number of fused-ring (bicyclic) bond motifs is 1. The van der Waals surface area contributed by atoms with Gasteiger partial charge in [0.2, 0.25) is 23.6 Å². The van der Waals surface area contributed by atoms with Crippen LogP contribution in [0.5, 0.6) is 0 Å². The Bertz CT molecular complexity index is 1430. The quantitative estimate of drug-likeness (QED) is 0.0798. The number of carbonyl (C=O) groups is 6. The summed E-state index contributed by atoms with van der Waals surface area (Å²) in [4.78, 5) is 80.5. The zero-order chi connectivity index (χ0) is 36.7. The van der Waals surface area contributed by atoms with E-state index in [0.29, 0.717) is 37.8 Å². The third-order valence-corrected chi connectivity index (χ3v) is 8.43. The first-order valence-electron chi connectivity index (χ1n) is 16.8. The maximum Gasteiger partial charge on any atom is 0.326 e. The fourth-order valence-electron chi connectivity index (χ4n) is 5.40. The van der Waals surface area contributed by atoms with Crippen molar-refractivity contribution in [2.24, 2.45) is 23.3 Å². The summed E-state index contributed by atoms with van der Waals surface area (Å²) in [6, 6.07) is 1.41. The van der Waals surface area contributed by atoms with Gasteiger partial charge in [-0.3, -0.25) is 24.0 Å². The van der Waals surface area contributed by atoms with Gasteiger partial charge in [0, 0.05) is 29.9 Å². The number of nitrogens with one attached hydrogen (secondary N) is 5. The van der Waals surface area contributed by atoms with Gasteiger partial charge < -0.3 is 47.9 Å². The number of carbonyl (C=O) groups excluding carboxylic acids is 4. The maximum atomic E-state index is 13.8. The molecule has 0 saturated heterocycles. The van der Waals surface area contributed by atoms with Crippen molar-refractivity contribution in [1.29, 1.82) is 0 Å². The molecule has 0 spiro atoms. The molecule has 2 rings (SSSR count). The first-order chi connectivity index (χ1) is 23.2. The van der Waals surface area contributed by atoms with Gasteiger partial charge in [0.15, 0.2) is 0 Å². The van der Waals surface area contributed by atoms with Crippen molar-refractivity contribution in [2.45, 2.75) is 109 Å². The molecule has 15 nitrogen and oxygen atoms in total. The van der Waals surface area contributed by atoms with Crippen LogP contribution in [0.25, 0.3) is 10.9 Å². The topological polar surface area (TPSA) is 259 Å². The number of nitrogens with two attached hydrogens (primary N) is 2. The van der Waals surface area contributed by atoms with E-state index >= 15 is 0 Å². The van der Waals surface area contributed by atoms with Crippen LogP contribution < -0.4 is 32.7 Å². The molecule has 0 bridgehead atoms. The molecule has 4 amide bonds. The van der Waals surface area contributed by atoms with Gasteiger partial charge >= 0.3 is 11.9 Å². The molecular formula is C34H53N7O8. The van der Waals surface area contributed by atoms with Gasteiger partial charge in [-0.15, -0.1) is 0 Å². The Balaban J connectivity index is 2.39. The minimum Gasteiger partial charge on any atom is -0.481 e. The number of aromatic amines is 1. The Kier molecular flexibility index (Phi) is 16.7. The Morgan fingerprint density at radius 3 is 2.00 bits per heavy atom. The van der Waals surface area contributed by atoms with Crippen molar-refractivity contribution in [3.8, 4) is 0 Å². The predicted octanol–water partition coefficient (Wildman–Crippen LogP) is 1.15. The number of aliphatic carboxylic acids is 2. The number of carboxylic acid groups (broad SMARTS) is 2. The minimum atomic E-state index is -1.41. The van der Waals surface area contributed by atoms with Gasteiger partial charge in [0.05, 0.1) is 6.04 Å². The zero-order valence-electron chi connectivity index (χ0n) is 28.8. The van der Waals surface area contributed by atoms with Gasteiger partial charge in [-0.25, -0.2) is 4.79 Å². The summed E-state index contributed by atoms with van der Waals surface area (Å²) in [5.74, 6) is -5.64. The number of benzene rings is 1. The van der Waals surface area contributed by atoms with Gasteiger partial charge in [0.25, 0.3) is 0 Å². The second-order valence-electron chi connectivity index (χ2n) is 12.9. The summed E-state index contributed by atoms with van der Waals surface area (Å²) >= 11 is 0. The molecule has 15 heteroatoms. The number of amides is 4. The van der Waals surface area contributed by atoms with Crippen LogP contribution in [0.3, 0.4) is 0 Å². The van der Waals surface area contributed by atoms with Crippen molar-refractivity contribution in [1.82, 2.24) is 26.3 Å². The first kappa shape index (κ1) is 40.7. The Labute approximate surface area is 286 Å². The van der Waals surface area contributed by atoms with Crippen LogP contribution >= 0.6 is 0 Å². The molecule has 0 aliphatic carbocycles. The summed E-state index contributed by atoms with van der Waals surface area (Å²) in [7, 11) is 0. The van der Waals surface area contributed by atoms with E-state index in [4.69, 9.17) is 11.5 Å². The molecule has 0 aliphatic heterocycles. The van der Waals surface area contributed by atoms with Crippen molar-refractivity contribution in [2.75, 3.05) is 6.54 Å². The van der Waals surface area contributed by atoms with E-state index in [0.717, 1.165) is 10.9 Å². The fraction of sp³-hybridized carbons (Fsp3) is 0.588. The Morgan fingerprint density at radius 2 is 1.41 bits per heavy atom. The summed E-state index contributed by atoms with van der Waals surface area (Å²) in [5.41, 5.74) is 13.1. The maximum absolute atomic E-state index is 13.8. The molecular weight excluding hydrogens is 634 g/mol. The van der Waals surface area contributed by atoms with E-state index in [-0.39, 0.29) is 25.2 Å². The molecule has 1 aromatic carbocycles. The van der Waals surface area contributed by atoms with E-state index in [1.165, 1.54) is 0 Å². The van der Waals surface area contributed by atoms with Crippen LogP contribution in [-0.2, 0) is 35.2 Å². The molecule has 11 N–H and O–H groups in total. The highest BCUT2D eigenvalue weighted by molar-refractivity contribution is 5.96. The highest BCUT2D eigenvalue weighted by Crippen LogP contribution is 2.20. The number of para-hydroxylation sites is 1. The lowest BCUT2D eigenvalue weighted by atomic mass is 9.97. The van der Waals surface area contributed by atoms with Crippen molar-refractivity contribution < 1.29 is 39.0 Å². The molecule has 6 atom stereocenters. The highest BCUT2D eigenvalue weighted by atomic mass is 16.4. The number of hydrogen-bond acceptors (Lipinski definition) is 8. The highest BCUT2D eigenvalue weighted by Gasteiger charge is 2.33. The number of rotatable bonds is 22. The van der Waals surface area contributed by atoms with Crippen LogP contribution in [0, 0.1) is 11.8 Å². The molecule has 0 unspecified atom stereocenters. The molecule has 49 heavy (non-hydrogen) atoms. The van der Waals surface area contributed by atoms with E-state index in [1.54, 1.807) is 20.0 Å². The molecule has 272 valence electrons. The molecule has 2 aromatic rings. The first-order valence-corrected chi connectivity index (χ1v) is 16.8. The lowest BCUT2D eigenvalue weighted by molar-refractivity contribution is -0.143. The monoisotopic (exact) mass is 687 g/mol. The second-order valence-corrected chi connectivity index (χ2v) is 12.9. The largest absolute Gasteiger partial charge is 0.481 e. The zero-order valence-corrected chi connectivity index (χ0v) is 28.8. The van der Waals surface area contributed by atoms with Crippen molar-refractivity contribution in [3.05, 3.63) is 36.0 Å². The van der Waals surface area contributed by atoms with E-state index in [9.17, 15) is 39.0 Å². The lowest BCUT2D eigenvalue weighted by Crippen LogP contribution is -2.59. The molecule has 1 heterocycles. The van der Waals surface area contributed by atoms with Gasteiger partial charge in [0.1, 0.15) is 24.2 Å². The standard InChI is InChI=1S/C34H53N7O8/c1-5-20(4)29(34(48)49)41-33(47)27(17-21-18-37-24-11-7-6-10-22(21)24)40-32(46)26(13-14-28(42)43)39-31(45)25(12-8-9-15-35)38-30(44)23(36)16-19(2)3/h6-7,10-11,18-20,23,25-27,29,37H,5,8-9,12-17,35-36H2,1-4H3,(H,38,44)(H,39,45)(H,40,46)(H,41,47)(H,42,43)(H,48,49)/t20-,23-,25-,26-,27-,29-/m0/s1. The second kappa shape index (κ2) is 20.1. The van der Waals surface area contributed by atoms with Gasteiger partial charge in [-0.1, -0.05) is 52.3 Å². The van der Waals surface area contributed by atoms with Crippen molar-refractivity contribution >= 4 is 46.5 Å². The van der Waals surface area contributed by atoms with Crippen LogP contribution in [-0.4, -0.2) is 87.5 Å². The number of H-pyrrole nitrogens is 1. The van der Waals surface area contributed by atoms with Crippen LogP contribution in [0.4, 0.5) is 0 Å². The molecule has 0 aliphatic rings. The van der Waals surface area contributed by atoms with Crippen LogP contribution in [0.15, 0.2) is 30.5 Å². The average molecular weight is 688 g/mol. The third-order valence-electron chi connectivity index (χ3n) is 8.43. The van der Waals surface area contributed by atoms with Crippen molar-refractivity contribution in [3.63, 3.8) is 0 Å². The molecule has 1 aromatic heterocycles. The summed E-state index contributed by atoms with van der Waals surface area (Å²) in [5, 5.41) is 30.4. The smallest absolute Gasteiger partial charge is 0.326 e. The third kappa shape index (κ3) is 13.1. The molecule has 0 fully saturated rings. The normalized spacial score (nSPS) is 15.0. The summed E-state index contributed by atoms with van der Waals surface area (Å²) in [6.07, 6.45) is 2.91. The average Bonchev–Trinajstić information content (AvgIpc) is 3.46. The van der Waals surface area contributed by atoms with E-state index < -0.39 is 78.1 Å². The summed E-state index contributed by atoms with van der Waals surface area (Å²) < 4.78 is 0. The number of carboxylic acids is 2. The van der Waals surface area contributed by atoms with Crippen LogP contribution in [0.1, 0.15) is 78.2 Å². The van der Waals surface area contributed by atoms with E-state index in [1.807, 2.05) is 38.1 Å². The molecule has 0 saturated carbocycles. The van der Waals surface area contributed by atoms with Gasteiger partial charge in [-0.05, 0) is 62.1 Å². The van der Waals surface area contributed by atoms with Gasteiger partial charge in [-0.2, -0.15) is 0 Å². The SMILES string of the molecule is CC[C@H](C)[C@H](NC(=O)[C@H](Cc1c[nH]c2ccccc12)NC(=O)[C@H](CCC(=O)O)NC(=O)[C@H](CCCCN)NC(=O)[C@@H](N)CC(C)C)C(=O)O. The number of unbranched alkanes of at least 4 members (excludes halogenated alkanes) is 1. The predicted molar refractivity (Wildman–Crippen MR) is 184 cm³/mol. The number of aromatic nitrogens is 1. The Hall–Kier alpha value is -4.50. The number of hydrogen-bond donors (Lipinski definition) is 9. The van der Waals surface area contributed by atoms with Crippen LogP contribution in [0.2, 0.25) is 0 Å². The minimum absolute atomic E-state index is 0.0421. The fourth-order valence-corrected chi connectivity index (χ4v) is 5.40. The Morgan fingerprint density at radius 1 is 0.816 bits per heavy atom. The summed E-state index contributed by atoms with van der Waals surface area (Å²) in [6.45, 7) is 7.64. The van der Waals surface area contributed by atoms with E-state index in [2.05, 4.69) is 26.3 Å². The lowest BCUT2D eigenvalue weighted by Gasteiger charge is -2.27. The molecule has 0 radical (unpaired) electrons.